The second-order valence-corrected chi connectivity index (χ2v) is 11.4. The van der Waals surface area contributed by atoms with E-state index in [1.807, 2.05) is 19.1 Å². The van der Waals surface area contributed by atoms with Gasteiger partial charge in [-0.1, -0.05) is 6.07 Å². The van der Waals surface area contributed by atoms with Crippen molar-refractivity contribution in [3.63, 3.8) is 0 Å². The van der Waals surface area contributed by atoms with Gasteiger partial charge in [-0.05, 0) is 92.2 Å². The summed E-state index contributed by atoms with van der Waals surface area (Å²) < 4.78 is 11.2. The zero-order valence-electron chi connectivity index (χ0n) is 22.0. The van der Waals surface area contributed by atoms with Gasteiger partial charge in [0.15, 0.2) is 12.2 Å². The van der Waals surface area contributed by atoms with E-state index in [-0.39, 0.29) is 12.5 Å². The van der Waals surface area contributed by atoms with Gasteiger partial charge in [0.1, 0.15) is 12.4 Å². The third-order valence-corrected chi connectivity index (χ3v) is 8.43. The number of β-amino-alcohol motifs (C(OH)–C–C–N with tert-alkyl or cyclic N) is 1. The Morgan fingerprint density at radius 1 is 1.24 bits per heavy atom. The molecule has 1 spiro atoms. The molecule has 2 N–H and O–H groups in total. The molecule has 0 radical (unpaired) electrons. The lowest BCUT2D eigenvalue weighted by Gasteiger charge is -2.35. The van der Waals surface area contributed by atoms with E-state index < -0.39 is 6.10 Å². The summed E-state index contributed by atoms with van der Waals surface area (Å²) in [5.41, 5.74) is 5.63. The van der Waals surface area contributed by atoms with Crippen LogP contribution in [0.5, 0.6) is 5.75 Å². The first kappa shape index (κ1) is 25.1. The summed E-state index contributed by atoms with van der Waals surface area (Å²) in [7, 11) is 0. The number of aliphatic hydroxyl groups is 1. The number of oxazole rings is 1. The summed E-state index contributed by atoms with van der Waals surface area (Å²) in [6.45, 7) is 4.59. The molecular weight excluding hydrogens is 480 g/mol. The van der Waals surface area contributed by atoms with Crippen LogP contribution in [0.3, 0.4) is 0 Å². The molecule has 0 bridgehead atoms. The van der Waals surface area contributed by atoms with Crippen molar-refractivity contribution in [2.75, 3.05) is 19.6 Å². The van der Waals surface area contributed by atoms with Crippen molar-refractivity contribution in [2.24, 2.45) is 11.3 Å². The van der Waals surface area contributed by atoms with E-state index in [0.29, 0.717) is 30.0 Å². The normalized spacial score (nSPS) is 19.0. The number of hydrogen-bond donors (Lipinski definition) is 2. The highest BCUT2D eigenvalue weighted by Gasteiger charge is 2.52. The molecule has 1 atom stereocenters. The first-order chi connectivity index (χ1) is 18.4. The van der Waals surface area contributed by atoms with E-state index in [0.717, 1.165) is 48.8 Å². The molecule has 8 heteroatoms. The molecule has 38 heavy (non-hydrogen) atoms. The van der Waals surface area contributed by atoms with Gasteiger partial charge in [0.25, 0.3) is 5.91 Å². The molecule has 1 aliphatic heterocycles. The lowest BCUT2D eigenvalue weighted by atomic mass is 9.70. The van der Waals surface area contributed by atoms with Crippen LogP contribution in [0.2, 0.25) is 0 Å². The number of fused-ring (bicyclic) bond motifs is 1. The summed E-state index contributed by atoms with van der Waals surface area (Å²) in [6.07, 6.45) is 9.78. The van der Waals surface area contributed by atoms with Gasteiger partial charge in [-0.2, -0.15) is 0 Å². The predicted octanol–water partition coefficient (Wildman–Crippen LogP) is 3.84. The van der Waals surface area contributed by atoms with Gasteiger partial charge in [0, 0.05) is 43.6 Å². The number of aromatic nitrogens is 2. The average Bonchev–Trinajstić information content (AvgIpc) is 3.59. The van der Waals surface area contributed by atoms with Crippen molar-refractivity contribution >= 4 is 5.91 Å². The van der Waals surface area contributed by atoms with Crippen LogP contribution in [0.25, 0.3) is 0 Å². The molecule has 3 aliphatic rings. The minimum atomic E-state index is -0.640. The number of aliphatic hydroxyl groups excluding tert-OH is 1. The molecule has 0 unspecified atom stereocenters. The maximum Gasteiger partial charge on any atom is 0.251 e. The number of aryl methyl sites for hydroxylation is 1. The van der Waals surface area contributed by atoms with Gasteiger partial charge in [0.2, 0.25) is 0 Å². The minimum absolute atomic E-state index is 0.156. The van der Waals surface area contributed by atoms with Crippen molar-refractivity contribution < 1.29 is 19.1 Å². The molecule has 3 heterocycles. The number of benzene rings is 1. The van der Waals surface area contributed by atoms with Crippen molar-refractivity contribution in [3.05, 3.63) is 76.8 Å². The van der Waals surface area contributed by atoms with E-state index >= 15 is 0 Å². The van der Waals surface area contributed by atoms with E-state index in [2.05, 4.69) is 32.3 Å². The maximum atomic E-state index is 12.7. The van der Waals surface area contributed by atoms with Gasteiger partial charge >= 0.3 is 0 Å². The molecule has 6 rings (SSSR count). The van der Waals surface area contributed by atoms with Crippen molar-refractivity contribution in [1.29, 1.82) is 0 Å². The third kappa shape index (κ3) is 5.76. The third-order valence-electron chi connectivity index (χ3n) is 8.43. The van der Waals surface area contributed by atoms with Crippen LogP contribution in [-0.2, 0) is 26.0 Å². The second-order valence-electron chi connectivity index (χ2n) is 11.4. The Morgan fingerprint density at radius 3 is 2.89 bits per heavy atom. The number of amides is 1. The predicted molar refractivity (Wildman–Crippen MR) is 142 cm³/mol. The number of pyridine rings is 1. The molecular formula is C30H36N4O4. The molecule has 1 aromatic carbocycles. The van der Waals surface area contributed by atoms with Crippen LogP contribution in [-0.4, -0.2) is 51.6 Å². The summed E-state index contributed by atoms with van der Waals surface area (Å²) in [6, 6.07) is 9.81. The van der Waals surface area contributed by atoms with Crippen molar-refractivity contribution in [2.45, 2.75) is 64.7 Å². The van der Waals surface area contributed by atoms with Crippen LogP contribution >= 0.6 is 0 Å². The molecule has 8 nitrogen and oxygen atoms in total. The van der Waals surface area contributed by atoms with Crippen LogP contribution in [0, 0.1) is 18.3 Å². The Kier molecular flexibility index (Phi) is 6.93. The van der Waals surface area contributed by atoms with Gasteiger partial charge < -0.3 is 19.6 Å². The fourth-order valence-corrected chi connectivity index (χ4v) is 6.04. The molecule has 2 fully saturated rings. The largest absolute Gasteiger partial charge is 0.486 e. The zero-order chi connectivity index (χ0) is 26.1. The molecule has 2 aliphatic carbocycles. The maximum absolute atomic E-state index is 12.7. The number of ether oxygens (including phenoxy) is 1. The van der Waals surface area contributed by atoms with Gasteiger partial charge in [-0.25, -0.2) is 4.98 Å². The molecule has 3 aromatic rings. The first-order valence-corrected chi connectivity index (χ1v) is 13.7. The monoisotopic (exact) mass is 516 g/mol. The second kappa shape index (κ2) is 10.5. The van der Waals surface area contributed by atoms with E-state index in [1.54, 1.807) is 12.3 Å². The smallest absolute Gasteiger partial charge is 0.251 e. The Morgan fingerprint density at radius 2 is 2.11 bits per heavy atom. The van der Waals surface area contributed by atoms with Crippen molar-refractivity contribution in [3.8, 4) is 5.75 Å². The lowest BCUT2D eigenvalue weighted by Crippen LogP contribution is -2.42. The summed E-state index contributed by atoms with van der Waals surface area (Å²) in [5, 5.41) is 13.5. The quantitative estimate of drug-likeness (QED) is 0.422. The zero-order valence-corrected chi connectivity index (χ0v) is 22.0. The SMILES string of the molecule is Cc1ncoc1COc1ccc2c(c1)CCN(C[C@@H](O)CNC(=O)c1ccnc(CC3CC4(CC4)C3)c1)C2. The van der Waals surface area contributed by atoms with Gasteiger partial charge in [-0.15, -0.1) is 0 Å². The Labute approximate surface area is 223 Å². The number of nitrogens with zero attached hydrogens (tertiary/aromatic N) is 3. The summed E-state index contributed by atoms with van der Waals surface area (Å²) in [4.78, 5) is 23.5. The van der Waals surface area contributed by atoms with Gasteiger partial charge in [-0.3, -0.25) is 14.7 Å². The van der Waals surface area contributed by atoms with Crippen LogP contribution in [0.15, 0.2) is 47.3 Å². The Bertz CT molecular complexity index is 1290. The summed E-state index contributed by atoms with van der Waals surface area (Å²) in [5.74, 6) is 2.10. The Hall–Kier alpha value is -3.23. The number of carbonyl (C=O) groups excluding carboxylic acids is 1. The number of nitrogens with one attached hydrogen (secondary N) is 1. The molecule has 200 valence electrons. The standard InChI is InChI=1S/C30H36N4O4/c1-20-28(38-19-33-20)18-37-27-3-2-24-16-34(9-5-22(24)12-27)17-26(35)15-32-29(36)23-4-8-31-25(11-23)10-21-13-30(14-21)6-7-30/h2-4,8,11-12,19,21,26,35H,5-7,9-10,13-18H2,1H3,(H,32,36)/t26-/m0/s1. The molecule has 1 amide bonds. The average molecular weight is 517 g/mol. The van der Waals surface area contributed by atoms with Crippen molar-refractivity contribution in [1.82, 2.24) is 20.2 Å². The topological polar surface area (TPSA) is 101 Å². The highest BCUT2D eigenvalue weighted by Crippen LogP contribution is 2.63. The van der Waals surface area contributed by atoms with Crippen LogP contribution < -0.4 is 10.1 Å². The van der Waals surface area contributed by atoms with Gasteiger partial charge in [0.05, 0.1) is 11.8 Å². The summed E-state index contributed by atoms with van der Waals surface area (Å²) >= 11 is 0. The molecule has 2 aromatic heterocycles. The van der Waals surface area contributed by atoms with E-state index in [1.165, 1.54) is 43.2 Å². The van der Waals surface area contributed by atoms with Crippen LogP contribution in [0.1, 0.15) is 64.3 Å². The van der Waals surface area contributed by atoms with E-state index in [4.69, 9.17) is 9.15 Å². The fourth-order valence-electron chi connectivity index (χ4n) is 6.04. The number of rotatable bonds is 10. The highest BCUT2D eigenvalue weighted by atomic mass is 16.5. The molecule has 0 saturated heterocycles. The Balaban J connectivity index is 0.949. The lowest BCUT2D eigenvalue weighted by molar-refractivity contribution is 0.0841. The number of carbonyl (C=O) groups is 1. The van der Waals surface area contributed by atoms with E-state index in [9.17, 15) is 9.90 Å². The highest BCUT2D eigenvalue weighted by molar-refractivity contribution is 5.94. The first-order valence-electron chi connectivity index (χ1n) is 13.7. The van der Waals surface area contributed by atoms with Crippen LogP contribution in [0.4, 0.5) is 0 Å². The molecule has 2 saturated carbocycles. The number of hydrogen-bond acceptors (Lipinski definition) is 7. The fraction of sp³-hybridized carbons (Fsp3) is 0.500. The minimum Gasteiger partial charge on any atom is -0.486 e.